The molecule has 1 aromatic heterocycles. The van der Waals surface area contributed by atoms with E-state index in [4.69, 9.17) is 8.92 Å². The van der Waals surface area contributed by atoms with E-state index in [0.717, 1.165) is 22.0 Å². The first-order valence-electron chi connectivity index (χ1n) is 9.28. The molecule has 0 aliphatic rings. The number of benzene rings is 2. The SMILES string of the molecule is CC(=O)NCCc1c[nH]c2ccc(OCCOS(=O)(=O)c3ccc(C)cc3)cc12. The van der Waals surface area contributed by atoms with Gasteiger partial charge in [0.25, 0.3) is 10.1 Å². The minimum atomic E-state index is -3.80. The lowest BCUT2D eigenvalue weighted by Gasteiger charge is -2.09. The number of rotatable bonds is 9. The summed E-state index contributed by atoms with van der Waals surface area (Å²) < 4.78 is 35.1. The summed E-state index contributed by atoms with van der Waals surface area (Å²) in [5.41, 5.74) is 3.01. The number of fused-ring (bicyclic) bond motifs is 1. The molecule has 7 nitrogen and oxygen atoms in total. The highest BCUT2D eigenvalue weighted by molar-refractivity contribution is 7.86. The first-order chi connectivity index (χ1) is 13.8. The fraction of sp³-hybridized carbons (Fsp3) is 0.286. The lowest BCUT2D eigenvalue weighted by molar-refractivity contribution is -0.118. The minimum absolute atomic E-state index is 0.0607. The number of aromatic nitrogens is 1. The van der Waals surface area contributed by atoms with Crippen molar-refractivity contribution < 1.29 is 22.1 Å². The predicted octanol–water partition coefficient (Wildman–Crippen LogP) is 2.94. The maximum absolute atomic E-state index is 12.2. The Morgan fingerprint density at radius 2 is 1.86 bits per heavy atom. The van der Waals surface area contributed by atoms with Gasteiger partial charge in [-0.25, -0.2) is 0 Å². The monoisotopic (exact) mass is 416 g/mol. The van der Waals surface area contributed by atoms with E-state index in [-0.39, 0.29) is 24.0 Å². The quantitative estimate of drug-likeness (QED) is 0.413. The molecule has 0 atom stereocenters. The number of hydrogen-bond donors (Lipinski definition) is 2. The summed E-state index contributed by atoms with van der Waals surface area (Å²) in [5, 5.41) is 3.78. The largest absolute Gasteiger partial charge is 0.491 e. The molecule has 0 aliphatic heterocycles. The molecular formula is C21H24N2O5S. The third-order valence-corrected chi connectivity index (χ3v) is 5.73. The minimum Gasteiger partial charge on any atom is -0.491 e. The van der Waals surface area contributed by atoms with Crippen LogP contribution in [0.5, 0.6) is 5.75 Å². The first-order valence-corrected chi connectivity index (χ1v) is 10.7. The molecule has 0 saturated heterocycles. The maximum Gasteiger partial charge on any atom is 0.297 e. The molecule has 0 radical (unpaired) electrons. The second-order valence-corrected chi connectivity index (χ2v) is 8.31. The summed E-state index contributed by atoms with van der Waals surface area (Å²) in [6, 6.07) is 12.1. The van der Waals surface area contributed by atoms with Crippen LogP contribution in [0.3, 0.4) is 0 Å². The van der Waals surface area contributed by atoms with Crippen LogP contribution in [0.15, 0.2) is 53.6 Å². The van der Waals surface area contributed by atoms with E-state index in [1.807, 2.05) is 31.3 Å². The van der Waals surface area contributed by atoms with E-state index >= 15 is 0 Å². The molecule has 154 valence electrons. The van der Waals surface area contributed by atoms with Gasteiger partial charge in [0.2, 0.25) is 5.91 Å². The number of carbonyl (C=O) groups is 1. The highest BCUT2D eigenvalue weighted by Gasteiger charge is 2.14. The van der Waals surface area contributed by atoms with Gasteiger partial charge in [-0.05, 0) is 49.2 Å². The van der Waals surface area contributed by atoms with Gasteiger partial charge in [-0.1, -0.05) is 17.7 Å². The number of ether oxygens (including phenoxy) is 1. The van der Waals surface area contributed by atoms with E-state index in [9.17, 15) is 13.2 Å². The molecule has 0 bridgehead atoms. The molecule has 0 spiro atoms. The Hall–Kier alpha value is -2.84. The Kier molecular flexibility index (Phi) is 6.56. The van der Waals surface area contributed by atoms with Crippen LogP contribution >= 0.6 is 0 Å². The van der Waals surface area contributed by atoms with Crippen LogP contribution in [-0.4, -0.2) is 39.1 Å². The number of carbonyl (C=O) groups excluding carboxylic acids is 1. The smallest absolute Gasteiger partial charge is 0.297 e. The molecule has 2 aromatic carbocycles. The van der Waals surface area contributed by atoms with Crippen molar-refractivity contribution in [1.29, 1.82) is 0 Å². The van der Waals surface area contributed by atoms with Crippen LogP contribution in [0.4, 0.5) is 0 Å². The van der Waals surface area contributed by atoms with Crippen LogP contribution in [0.25, 0.3) is 10.9 Å². The molecule has 1 heterocycles. The summed E-state index contributed by atoms with van der Waals surface area (Å²) in [6.45, 7) is 3.94. The van der Waals surface area contributed by atoms with Crippen molar-refractivity contribution in [2.24, 2.45) is 0 Å². The van der Waals surface area contributed by atoms with E-state index < -0.39 is 10.1 Å². The standard InChI is InChI=1S/C21H24N2O5S/c1-15-3-6-19(7-4-15)29(25,26)28-12-11-27-18-5-8-21-20(13-18)17(14-23-21)9-10-22-16(2)24/h3-8,13-14,23H,9-12H2,1-2H3,(H,22,24). The Bertz CT molecular complexity index is 1090. The van der Waals surface area contributed by atoms with Crippen molar-refractivity contribution in [1.82, 2.24) is 10.3 Å². The molecule has 0 fully saturated rings. The summed E-state index contributed by atoms with van der Waals surface area (Å²) in [4.78, 5) is 14.3. The molecule has 3 aromatic rings. The lowest BCUT2D eigenvalue weighted by atomic mass is 10.1. The van der Waals surface area contributed by atoms with Crippen molar-refractivity contribution in [2.75, 3.05) is 19.8 Å². The van der Waals surface area contributed by atoms with Gasteiger partial charge >= 0.3 is 0 Å². The van der Waals surface area contributed by atoms with Gasteiger partial charge in [-0.15, -0.1) is 0 Å². The third kappa shape index (κ3) is 5.58. The average Bonchev–Trinajstić information content (AvgIpc) is 3.08. The van der Waals surface area contributed by atoms with Gasteiger partial charge in [0.15, 0.2) is 0 Å². The van der Waals surface area contributed by atoms with Crippen molar-refractivity contribution in [3.8, 4) is 5.75 Å². The number of aryl methyl sites for hydroxylation is 1. The molecule has 3 rings (SSSR count). The first kappa shape index (κ1) is 20.9. The van der Waals surface area contributed by atoms with Crippen LogP contribution < -0.4 is 10.1 Å². The summed E-state index contributed by atoms with van der Waals surface area (Å²) in [5.74, 6) is 0.559. The fourth-order valence-corrected chi connectivity index (χ4v) is 3.80. The second kappa shape index (κ2) is 9.11. The zero-order valence-electron chi connectivity index (χ0n) is 16.4. The number of aromatic amines is 1. The van der Waals surface area contributed by atoms with E-state index in [0.29, 0.717) is 18.7 Å². The molecule has 0 saturated carbocycles. The summed E-state index contributed by atoms with van der Waals surface area (Å²) in [7, 11) is -3.80. The van der Waals surface area contributed by atoms with Gasteiger partial charge in [0.1, 0.15) is 19.0 Å². The third-order valence-electron chi connectivity index (χ3n) is 4.41. The molecule has 8 heteroatoms. The zero-order chi connectivity index (χ0) is 20.9. The predicted molar refractivity (Wildman–Crippen MR) is 110 cm³/mol. The topological polar surface area (TPSA) is 97.5 Å². The van der Waals surface area contributed by atoms with Crippen LogP contribution in [0.2, 0.25) is 0 Å². The maximum atomic E-state index is 12.2. The molecule has 0 aliphatic carbocycles. The Morgan fingerprint density at radius 1 is 1.10 bits per heavy atom. The number of nitrogens with one attached hydrogen (secondary N) is 2. The van der Waals surface area contributed by atoms with Gasteiger partial charge in [0.05, 0.1) is 4.90 Å². The average molecular weight is 416 g/mol. The van der Waals surface area contributed by atoms with Crippen LogP contribution in [0.1, 0.15) is 18.1 Å². The van der Waals surface area contributed by atoms with E-state index in [2.05, 4.69) is 10.3 Å². The molecular weight excluding hydrogens is 392 g/mol. The highest BCUT2D eigenvalue weighted by Crippen LogP contribution is 2.24. The van der Waals surface area contributed by atoms with Gasteiger partial charge < -0.3 is 15.0 Å². The summed E-state index contributed by atoms with van der Waals surface area (Å²) >= 11 is 0. The van der Waals surface area contributed by atoms with Crippen molar-refractivity contribution in [3.05, 3.63) is 59.8 Å². The van der Waals surface area contributed by atoms with E-state index in [1.165, 1.54) is 19.1 Å². The fourth-order valence-electron chi connectivity index (χ4n) is 2.90. The Balaban J connectivity index is 1.56. The van der Waals surface area contributed by atoms with Gasteiger partial charge in [0, 0.05) is 30.6 Å². The normalized spacial score (nSPS) is 11.5. The van der Waals surface area contributed by atoms with Crippen molar-refractivity contribution in [2.45, 2.75) is 25.2 Å². The Labute approximate surface area is 170 Å². The number of hydrogen-bond acceptors (Lipinski definition) is 5. The molecule has 1 amide bonds. The molecule has 0 unspecified atom stereocenters. The van der Waals surface area contributed by atoms with Gasteiger partial charge in [-0.2, -0.15) is 8.42 Å². The van der Waals surface area contributed by atoms with Crippen LogP contribution in [-0.2, 0) is 25.5 Å². The van der Waals surface area contributed by atoms with Crippen molar-refractivity contribution >= 4 is 26.9 Å². The summed E-state index contributed by atoms with van der Waals surface area (Å²) in [6.07, 6.45) is 2.61. The molecule has 2 N–H and O–H groups in total. The lowest BCUT2D eigenvalue weighted by Crippen LogP contribution is -2.22. The van der Waals surface area contributed by atoms with E-state index in [1.54, 1.807) is 12.1 Å². The second-order valence-electron chi connectivity index (χ2n) is 6.69. The Morgan fingerprint density at radius 3 is 2.59 bits per heavy atom. The zero-order valence-corrected chi connectivity index (χ0v) is 17.2. The van der Waals surface area contributed by atoms with Crippen LogP contribution in [0, 0.1) is 6.92 Å². The number of H-pyrrole nitrogens is 1. The van der Waals surface area contributed by atoms with Crippen molar-refractivity contribution in [3.63, 3.8) is 0 Å². The number of amides is 1. The highest BCUT2D eigenvalue weighted by atomic mass is 32.2. The molecule has 29 heavy (non-hydrogen) atoms. The van der Waals surface area contributed by atoms with Gasteiger partial charge in [-0.3, -0.25) is 8.98 Å².